The van der Waals surface area contributed by atoms with Crippen LogP contribution in [0.5, 0.6) is 0 Å². The lowest BCUT2D eigenvalue weighted by atomic mass is 10.1. The van der Waals surface area contributed by atoms with E-state index in [4.69, 9.17) is 14.2 Å². The molecule has 0 heterocycles. The maximum absolute atomic E-state index is 12.9. The van der Waals surface area contributed by atoms with Crippen molar-refractivity contribution in [2.45, 2.75) is 284 Å². The number of carbonyl (C=O) groups is 3. The Morgan fingerprint density at radius 1 is 0.259 bits per heavy atom. The van der Waals surface area contributed by atoms with Gasteiger partial charge in [-0.05, 0) is 135 Å². The van der Waals surface area contributed by atoms with Gasteiger partial charge in [0.15, 0.2) is 6.10 Å². The molecule has 0 aliphatic rings. The number of hydrogen-bond acceptors (Lipinski definition) is 6. The van der Waals surface area contributed by atoms with Gasteiger partial charge in [-0.25, -0.2) is 0 Å². The van der Waals surface area contributed by atoms with Gasteiger partial charge in [-0.1, -0.05) is 281 Å². The molecule has 0 N–H and O–H groups in total. The van der Waals surface area contributed by atoms with Crippen molar-refractivity contribution < 1.29 is 28.6 Å². The minimum atomic E-state index is -0.824. The summed E-state index contributed by atoms with van der Waals surface area (Å²) in [6.45, 7) is 6.32. The first kappa shape index (κ1) is 76.0. The topological polar surface area (TPSA) is 78.9 Å². The molecule has 0 aliphatic carbocycles. The van der Waals surface area contributed by atoms with Crippen molar-refractivity contribution in [2.75, 3.05) is 13.2 Å². The van der Waals surface area contributed by atoms with Crippen molar-refractivity contribution in [1.29, 1.82) is 0 Å². The summed E-state index contributed by atoms with van der Waals surface area (Å²) in [5.74, 6) is -1.02. The van der Waals surface area contributed by atoms with Crippen LogP contribution >= 0.6 is 0 Å². The zero-order valence-corrected chi connectivity index (χ0v) is 52.2. The van der Waals surface area contributed by atoms with E-state index in [0.717, 1.165) is 135 Å². The fourth-order valence-corrected chi connectivity index (χ4v) is 8.64. The quantitative estimate of drug-likeness (QED) is 0.0261. The molecule has 0 saturated carbocycles. The van der Waals surface area contributed by atoms with Crippen LogP contribution in [0.15, 0.2) is 158 Å². The van der Waals surface area contributed by atoms with Gasteiger partial charge in [0.1, 0.15) is 13.2 Å². The predicted molar refractivity (Wildman–Crippen MR) is 352 cm³/mol. The van der Waals surface area contributed by atoms with Gasteiger partial charge in [0.05, 0.1) is 0 Å². The standard InChI is InChI=1S/C75H120O6/c1-4-7-10-13-16-19-22-25-27-29-31-33-34-35-36-37-38-39-40-42-43-45-47-50-53-56-59-62-65-68-74(77)80-71-72(70-79-73(76)67-64-61-58-55-52-49-24-21-18-15-12-9-6-3)81-75(78)69-66-63-60-57-54-51-48-46-44-41-32-30-28-26-23-20-17-14-11-8-5-2/h7,9-10,12,16,18-19,21,23,25-27,30-33,35-36,38-39,44,46,49,52,58,61,72H,4-6,8,11,13-15,17,20,22,24,28-29,34,37,40-43,45,47-48,50-51,53-57,59-60,62-71H2,1-3H3/b10-7-,12-9-,19-16-,21-18-,26-23-,27-25-,32-30-,33-31-,36-35-,39-38-,46-44-,52-49-,61-58-. The van der Waals surface area contributed by atoms with Crippen LogP contribution < -0.4 is 0 Å². The molecule has 0 aromatic rings. The highest BCUT2D eigenvalue weighted by molar-refractivity contribution is 5.71. The van der Waals surface area contributed by atoms with Crippen molar-refractivity contribution in [3.05, 3.63) is 158 Å². The van der Waals surface area contributed by atoms with Gasteiger partial charge < -0.3 is 14.2 Å². The number of esters is 3. The van der Waals surface area contributed by atoms with E-state index in [2.05, 4.69) is 173 Å². The lowest BCUT2D eigenvalue weighted by molar-refractivity contribution is -0.166. The Hall–Kier alpha value is -4.97. The normalized spacial score (nSPS) is 13.2. The summed E-state index contributed by atoms with van der Waals surface area (Å²) >= 11 is 0. The first-order chi connectivity index (χ1) is 40.0. The van der Waals surface area contributed by atoms with E-state index in [1.54, 1.807) is 0 Å². The molecule has 1 atom stereocenters. The molecule has 0 aromatic carbocycles. The second kappa shape index (κ2) is 67.5. The Balaban J connectivity index is 4.39. The predicted octanol–water partition coefficient (Wildman–Crippen LogP) is 22.9. The molecule has 6 heteroatoms. The molecule has 1 unspecified atom stereocenters. The molecule has 6 nitrogen and oxygen atoms in total. The molecule has 81 heavy (non-hydrogen) atoms. The molecule has 0 rings (SSSR count). The molecule has 456 valence electrons. The average molecular weight is 1120 g/mol. The summed E-state index contributed by atoms with van der Waals surface area (Å²) in [5, 5.41) is 0. The largest absolute Gasteiger partial charge is 0.462 e. The van der Waals surface area contributed by atoms with Crippen molar-refractivity contribution in [2.24, 2.45) is 0 Å². The molecular formula is C75H120O6. The second-order valence-electron chi connectivity index (χ2n) is 21.3. The second-order valence-corrected chi connectivity index (χ2v) is 21.3. The average Bonchev–Trinajstić information content (AvgIpc) is 3.46. The Morgan fingerprint density at radius 2 is 0.506 bits per heavy atom. The summed E-state index contributed by atoms with van der Waals surface area (Å²) in [4.78, 5) is 38.3. The maximum atomic E-state index is 12.9. The third kappa shape index (κ3) is 65.7. The van der Waals surface area contributed by atoms with E-state index in [0.29, 0.717) is 19.3 Å². The van der Waals surface area contributed by atoms with E-state index in [9.17, 15) is 14.4 Å². The van der Waals surface area contributed by atoms with Crippen molar-refractivity contribution >= 4 is 17.9 Å². The number of unbranched alkanes of at least 4 members (excludes halogenated alkanes) is 21. The highest BCUT2D eigenvalue weighted by Gasteiger charge is 2.19. The van der Waals surface area contributed by atoms with Gasteiger partial charge in [0.25, 0.3) is 0 Å². The highest BCUT2D eigenvalue weighted by Crippen LogP contribution is 2.15. The van der Waals surface area contributed by atoms with Gasteiger partial charge in [-0.15, -0.1) is 0 Å². The fraction of sp³-hybridized carbons (Fsp3) is 0.613. The molecule has 0 spiro atoms. The lowest BCUT2D eigenvalue weighted by Gasteiger charge is -2.18. The Morgan fingerprint density at radius 3 is 0.827 bits per heavy atom. The molecule has 0 amide bonds. The molecular weight excluding hydrogens is 997 g/mol. The van der Waals surface area contributed by atoms with Crippen LogP contribution in [0, 0.1) is 0 Å². The fourth-order valence-electron chi connectivity index (χ4n) is 8.64. The van der Waals surface area contributed by atoms with Gasteiger partial charge in [-0.2, -0.15) is 0 Å². The summed E-state index contributed by atoms with van der Waals surface area (Å²) in [6, 6.07) is 0. The lowest BCUT2D eigenvalue weighted by Crippen LogP contribution is -2.30. The number of carbonyl (C=O) groups excluding carboxylic acids is 3. The zero-order valence-electron chi connectivity index (χ0n) is 52.2. The Bertz CT molecular complexity index is 1810. The van der Waals surface area contributed by atoms with Crippen molar-refractivity contribution in [3.8, 4) is 0 Å². The van der Waals surface area contributed by atoms with E-state index < -0.39 is 6.10 Å². The molecule has 0 saturated heterocycles. The van der Waals surface area contributed by atoms with Gasteiger partial charge >= 0.3 is 17.9 Å². The molecule has 0 fully saturated rings. The summed E-state index contributed by atoms with van der Waals surface area (Å²) in [7, 11) is 0. The number of rotatable bonds is 58. The maximum Gasteiger partial charge on any atom is 0.306 e. The highest BCUT2D eigenvalue weighted by atomic mass is 16.6. The molecule has 0 bridgehead atoms. The minimum Gasteiger partial charge on any atom is -0.462 e. The zero-order chi connectivity index (χ0) is 58.5. The van der Waals surface area contributed by atoms with Crippen LogP contribution in [-0.2, 0) is 28.6 Å². The van der Waals surface area contributed by atoms with E-state index in [1.807, 2.05) is 6.08 Å². The van der Waals surface area contributed by atoms with Crippen LogP contribution in [0.1, 0.15) is 278 Å². The van der Waals surface area contributed by atoms with Crippen LogP contribution in [-0.4, -0.2) is 37.2 Å². The van der Waals surface area contributed by atoms with Crippen LogP contribution in [0.4, 0.5) is 0 Å². The first-order valence-electron chi connectivity index (χ1n) is 33.0. The number of allylic oxidation sites excluding steroid dienone is 26. The Labute approximate surface area is 499 Å². The van der Waals surface area contributed by atoms with Crippen LogP contribution in [0.2, 0.25) is 0 Å². The van der Waals surface area contributed by atoms with Gasteiger partial charge in [0.2, 0.25) is 0 Å². The molecule has 0 aliphatic heterocycles. The number of hydrogen-bond donors (Lipinski definition) is 0. The van der Waals surface area contributed by atoms with E-state index in [-0.39, 0.29) is 37.5 Å². The summed E-state index contributed by atoms with van der Waals surface area (Å²) in [6.07, 6.45) is 98.4. The first-order valence-corrected chi connectivity index (χ1v) is 33.0. The third-order valence-electron chi connectivity index (χ3n) is 13.5. The monoisotopic (exact) mass is 1120 g/mol. The van der Waals surface area contributed by atoms with Gasteiger partial charge in [-0.3, -0.25) is 14.4 Å². The van der Waals surface area contributed by atoms with E-state index >= 15 is 0 Å². The molecule has 0 aromatic heterocycles. The summed E-state index contributed by atoms with van der Waals surface area (Å²) < 4.78 is 16.8. The SMILES string of the molecule is CC/C=C\C/C=C\C/C=C\C/C=C\C/C=C\C/C=C\CCCCCCCCCCCCC(=O)OCC(COC(=O)CC/C=C\C/C=C\C/C=C\C/C=C\CC)OC(=O)CCCCCCCC/C=C\C/C=C\C/C=C\CCCCCCC. The van der Waals surface area contributed by atoms with E-state index in [1.165, 1.54) is 96.3 Å². The minimum absolute atomic E-state index is 0.114. The van der Waals surface area contributed by atoms with Crippen LogP contribution in [0.25, 0.3) is 0 Å². The van der Waals surface area contributed by atoms with Crippen molar-refractivity contribution in [3.63, 3.8) is 0 Å². The van der Waals surface area contributed by atoms with Gasteiger partial charge in [0, 0.05) is 19.3 Å². The van der Waals surface area contributed by atoms with Crippen molar-refractivity contribution in [1.82, 2.24) is 0 Å². The Kier molecular flexibility index (Phi) is 63.4. The summed E-state index contributed by atoms with van der Waals surface area (Å²) in [5.41, 5.74) is 0. The smallest absolute Gasteiger partial charge is 0.306 e. The number of ether oxygens (including phenoxy) is 3. The third-order valence-corrected chi connectivity index (χ3v) is 13.5. The van der Waals surface area contributed by atoms with Crippen LogP contribution in [0.3, 0.4) is 0 Å². The molecule has 0 radical (unpaired) electrons.